The van der Waals surface area contributed by atoms with Crippen molar-refractivity contribution in [3.63, 3.8) is 0 Å². The highest BCUT2D eigenvalue weighted by Crippen LogP contribution is 2.27. The van der Waals surface area contributed by atoms with Gasteiger partial charge >= 0.3 is 6.09 Å². The molecule has 1 amide bonds. The first-order valence-electron chi connectivity index (χ1n) is 9.63. The summed E-state index contributed by atoms with van der Waals surface area (Å²) >= 11 is 0. The van der Waals surface area contributed by atoms with Crippen LogP contribution in [0.1, 0.15) is 40.5 Å². The molecule has 2 N–H and O–H groups in total. The monoisotopic (exact) mass is 391 g/mol. The molecule has 1 aliphatic rings. The maximum absolute atomic E-state index is 11.6. The molecule has 0 spiro atoms. The zero-order chi connectivity index (χ0) is 20.5. The number of aromatic nitrogens is 1. The van der Waals surface area contributed by atoms with Crippen molar-refractivity contribution in [2.75, 3.05) is 24.6 Å². The maximum Gasteiger partial charge on any atom is 0.408 e. The Morgan fingerprint density at radius 3 is 2.68 bits per heavy atom. The lowest BCUT2D eigenvalue weighted by molar-refractivity contribution is -0.0142. The molecule has 1 aromatic carbocycles. The second-order valence-electron chi connectivity index (χ2n) is 8.34. The number of carbonyl (C=O) groups is 1. The van der Waals surface area contributed by atoms with Crippen LogP contribution in [0.5, 0.6) is 5.75 Å². The van der Waals surface area contributed by atoms with E-state index in [1.54, 1.807) is 18.2 Å². The Morgan fingerprint density at radius 2 is 2.07 bits per heavy atom. The molecule has 1 saturated heterocycles. The molecule has 1 aliphatic heterocycles. The van der Waals surface area contributed by atoms with Gasteiger partial charge in [0.2, 0.25) is 0 Å². The number of oxazole rings is 1. The fraction of sp³-hybridized carbons (Fsp3) is 0.600. The van der Waals surface area contributed by atoms with Gasteiger partial charge in [0.05, 0.1) is 18.8 Å². The van der Waals surface area contributed by atoms with Crippen molar-refractivity contribution in [1.29, 1.82) is 0 Å². The molecular weight excluding hydrogens is 362 g/mol. The first-order valence-corrected chi connectivity index (χ1v) is 9.63. The fourth-order valence-electron chi connectivity index (χ4n) is 3.74. The molecule has 0 aliphatic carbocycles. The normalized spacial score (nSPS) is 17.1. The number of anilines is 1. The number of ether oxygens (including phenoxy) is 1. The first kappa shape index (κ1) is 20.3. The van der Waals surface area contributed by atoms with E-state index in [4.69, 9.17) is 9.15 Å². The largest absolute Gasteiger partial charge is 0.508 e. The van der Waals surface area contributed by atoms with Gasteiger partial charge < -0.3 is 24.3 Å². The van der Waals surface area contributed by atoms with Crippen LogP contribution in [0.25, 0.3) is 11.1 Å². The Hall–Kier alpha value is -2.48. The van der Waals surface area contributed by atoms with Crippen LogP contribution in [0.4, 0.5) is 10.8 Å². The molecule has 154 valence electrons. The predicted octanol–water partition coefficient (Wildman–Crippen LogP) is 3.69. The SMILES string of the molecule is C[C@@H](COC1CCN(c2nc3cc(O)ccc3o2)CC1)N(C(=O)O)C(C)(C)C. The minimum absolute atomic E-state index is 0.0859. The smallest absolute Gasteiger partial charge is 0.408 e. The minimum Gasteiger partial charge on any atom is -0.508 e. The summed E-state index contributed by atoms with van der Waals surface area (Å²) in [4.78, 5) is 19.5. The van der Waals surface area contributed by atoms with Crippen molar-refractivity contribution in [1.82, 2.24) is 9.88 Å². The molecule has 1 fully saturated rings. The van der Waals surface area contributed by atoms with Gasteiger partial charge in [-0.15, -0.1) is 0 Å². The molecule has 2 aromatic rings. The van der Waals surface area contributed by atoms with Gasteiger partial charge in [-0.3, -0.25) is 4.90 Å². The van der Waals surface area contributed by atoms with Crippen molar-refractivity contribution in [3.8, 4) is 5.75 Å². The van der Waals surface area contributed by atoms with Crippen molar-refractivity contribution in [2.24, 2.45) is 0 Å². The lowest BCUT2D eigenvalue weighted by atomic mass is 10.0. The average molecular weight is 391 g/mol. The second kappa shape index (κ2) is 7.87. The summed E-state index contributed by atoms with van der Waals surface area (Å²) in [6, 6.07) is 5.21. The number of fused-ring (bicyclic) bond motifs is 1. The summed E-state index contributed by atoms with van der Waals surface area (Å²) in [5.74, 6) is 0.166. The van der Waals surface area contributed by atoms with E-state index in [0.717, 1.165) is 25.9 Å². The van der Waals surface area contributed by atoms with E-state index in [1.807, 2.05) is 27.7 Å². The van der Waals surface area contributed by atoms with Crippen molar-refractivity contribution in [2.45, 2.75) is 58.2 Å². The number of hydrogen-bond donors (Lipinski definition) is 2. The number of hydrogen-bond acceptors (Lipinski definition) is 6. The molecule has 28 heavy (non-hydrogen) atoms. The number of nitrogens with zero attached hydrogens (tertiary/aromatic N) is 3. The molecular formula is C20H29N3O5. The topological polar surface area (TPSA) is 99.3 Å². The molecule has 0 saturated carbocycles. The average Bonchev–Trinajstić information content (AvgIpc) is 3.02. The van der Waals surface area contributed by atoms with Crippen LogP contribution in [-0.4, -0.2) is 63.6 Å². The van der Waals surface area contributed by atoms with E-state index in [1.165, 1.54) is 4.90 Å². The van der Waals surface area contributed by atoms with Crippen LogP contribution >= 0.6 is 0 Å². The number of rotatable bonds is 5. The molecule has 2 heterocycles. The first-order chi connectivity index (χ1) is 13.1. The Balaban J connectivity index is 1.53. The van der Waals surface area contributed by atoms with Crippen molar-refractivity contribution in [3.05, 3.63) is 18.2 Å². The van der Waals surface area contributed by atoms with Crippen LogP contribution in [0.15, 0.2) is 22.6 Å². The van der Waals surface area contributed by atoms with E-state index < -0.39 is 11.6 Å². The van der Waals surface area contributed by atoms with Crippen LogP contribution < -0.4 is 4.90 Å². The zero-order valence-electron chi connectivity index (χ0n) is 16.9. The van der Waals surface area contributed by atoms with Gasteiger partial charge in [0.15, 0.2) is 5.58 Å². The summed E-state index contributed by atoms with van der Waals surface area (Å²) in [6.07, 6.45) is 0.793. The summed E-state index contributed by atoms with van der Waals surface area (Å²) < 4.78 is 11.8. The Morgan fingerprint density at radius 1 is 1.39 bits per heavy atom. The third-order valence-electron chi connectivity index (χ3n) is 5.02. The van der Waals surface area contributed by atoms with Crippen molar-refractivity contribution >= 4 is 23.2 Å². The quantitative estimate of drug-likeness (QED) is 0.802. The summed E-state index contributed by atoms with van der Waals surface area (Å²) in [5.41, 5.74) is 0.813. The van der Waals surface area contributed by atoms with Crippen LogP contribution in [0, 0.1) is 0 Å². The zero-order valence-corrected chi connectivity index (χ0v) is 16.9. The Labute approximate surface area is 164 Å². The highest BCUT2D eigenvalue weighted by Gasteiger charge is 2.32. The second-order valence-corrected chi connectivity index (χ2v) is 8.34. The fourth-order valence-corrected chi connectivity index (χ4v) is 3.74. The third kappa shape index (κ3) is 4.49. The Kier molecular flexibility index (Phi) is 5.69. The van der Waals surface area contributed by atoms with Gasteiger partial charge in [0, 0.05) is 24.7 Å². The molecule has 1 aromatic heterocycles. The third-order valence-corrected chi connectivity index (χ3v) is 5.02. The number of aromatic hydroxyl groups is 1. The summed E-state index contributed by atoms with van der Waals surface area (Å²) in [7, 11) is 0. The highest BCUT2D eigenvalue weighted by atomic mass is 16.5. The van der Waals surface area contributed by atoms with Gasteiger partial charge in [0.25, 0.3) is 6.01 Å². The Bertz CT molecular complexity index is 821. The number of amides is 1. The van der Waals surface area contributed by atoms with Crippen LogP contribution in [0.2, 0.25) is 0 Å². The van der Waals surface area contributed by atoms with Crippen LogP contribution in [-0.2, 0) is 4.74 Å². The van der Waals surface area contributed by atoms with E-state index >= 15 is 0 Å². The van der Waals surface area contributed by atoms with E-state index in [-0.39, 0.29) is 17.9 Å². The molecule has 0 bridgehead atoms. The minimum atomic E-state index is -0.930. The van der Waals surface area contributed by atoms with Crippen molar-refractivity contribution < 1.29 is 24.2 Å². The van der Waals surface area contributed by atoms with Gasteiger partial charge in [-0.1, -0.05) is 0 Å². The number of benzene rings is 1. The van der Waals surface area contributed by atoms with Crippen LogP contribution in [0.3, 0.4) is 0 Å². The van der Waals surface area contributed by atoms with Gasteiger partial charge in [0.1, 0.15) is 11.3 Å². The lowest BCUT2D eigenvalue weighted by Crippen LogP contribution is -2.52. The molecule has 1 atom stereocenters. The molecule has 0 radical (unpaired) electrons. The number of phenols is 1. The molecule has 0 unspecified atom stereocenters. The standard InChI is InChI=1S/C20H29N3O5/c1-13(23(19(25)26)20(2,3)4)12-27-15-7-9-22(10-8-15)18-21-16-11-14(24)5-6-17(16)28-18/h5-6,11,13,15,24H,7-10,12H2,1-4H3,(H,25,26)/t13-/m0/s1. The van der Waals surface area contributed by atoms with E-state index in [0.29, 0.717) is 23.7 Å². The lowest BCUT2D eigenvalue weighted by Gasteiger charge is -2.39. The number of piperidine rings is 1. The molecule has 8 nitrogen and oxygen atoms in total. The summed E-state index contributed by atoms with van der Waals surface area (Å²) in [5, 5.41) is 19.0. The van der Waals surface area contributed by atoms with Gasteiger partial charge in [-0.25, -0.2) is 4.79 Å². The van der Waals surface area contributed by atoms with Gasteiger partial charge in [-0.2, -0.15) is 4.98 Å². The number of phenolic OH excluding ortho intramolecular Hbond substituents is 1. The molecule has 8 heteroatoms. The van der Waals surface area contributed by atoms with Gasteiger partial charge in [-0.05, 0) is 52.7 Å². The predicted molar refractivity (Wildman–Crippen MR) is 106 cm³/mol. The molecule has 3 rings (SSSR count). The van der Waals surface area contributed by atoms with E-state index in [9.17, 15) is 15.0 Å². The highest BCUT2D eigenvalue weighted by molar-refractivity contribution is 5.76. The maximum atomic E-state index is 11.6. The number of carboxylic acid groups (broad SMARTS) is 1. The van der Waals surface area contributed by atoms with E-state index in [2.05, 4.69) is 9.88 Å². The summed E-state index contributed by atoms with van der Waals surface area (Å²) in [6.45, 7) is 9.40.